The maximum absolute atomic E-state index is 13.0. The number of nitrogens with one attached hydrogen (secondary N) is 1. The first-order valence-corrected chi connectivity index (χ1v) is 12.9. The van der Waals surface area contributed by atoms with Gasteiger partial charge in [0, 0.05) is 19.2 Å². The predicted octanol–water partition coefficient (Wildman–Crippen LogP) is 2.77. The van der Waals surface area contributed by atoms with Crippen LogP contribution in [0.5, 0.6) is 11.5 Å². The first kappa shape index (κ1) is 24.9. The fraction of sp³-hybridized carbons (Fsp3) is 0.458. The number of methoxy groups -OCH3 is 2. The van der Waals surface area contributed by atoms with Gasteiger partial charge in [-0.15, -0.1) is 0 Å². The van der Waals surface area contributed by atoms with Gasteiger partial charge in [-0.05, 0) is 56.1 Å². The van der Waals surface area contributed by atoms with Crippen molar-refractivity contribution < 1.29 is 22.7 Å². The number of carbonyl (C=O) groups is 1. The number of likely N-dealkylation sites (tertiary alicyclic amines) is 1. The van der Waals surface area contributed by atoms with E-state index in [1.165, 1.54) is 32.6 Å². The normalized spacial score (nSPS) is 15.2. The van der Waals surface area contributed by atoms with E-state index in [1.54, 1.807) is 25.1 Å². The first-order valence-electron chi connectivity index (χ1n) is 11.0. The molecular formula is C24H33N3O5S. The molecule has 0 radical (unpaired) electrons. The molecule has 0 aliphatic carbocycles. The molecule has 1 atom stereocenters. The molecule has 0 bridgehead atoms. The Labute approximate surface area is 196 Å². The molecular weight excluding hydrogens is 442 g/mol. The fourth-order valence-corrected chi connectivity index (χ4v) is 5.29. The summed E-state index contributed by atoms with van der Waals surface area (Å²) in [6.07, 6.45) is 3.54. The molecule has 0 unspecified atom stereocenters. The minimum absolute atomic E-state index is 0.245. The van der Waals surface area contributed by atoms with Crippen LogP contribution in [0.15, 0.2) is 42.5 Å². The van der Waals surface area contributed by atoms with Gasteiger partial charge in [0.2, 0.25) is 15.9 Å². The largest absolute Gasteiger partial charge is 0.497 e. The van der Waals surface area contributed by atoms with Crippen molar-refractivity contribution in [2.45, 2.75) is 38.9 Å². The Morgan fingerprint density at radius 2 is 1.79 bits per heavy atom. The van der Waals surface area contributed by atoms with Gasteiger partial charge < -0.3 is 14.8 Å². The van der Waals surface area contributed by atoms with Gasteiger partial charge in [-0.2, -0.15) is 0 Å². The number of sulfonamides is 1. The van der Waals surface area contributed by atoms with Crippen LogP contribution in [0.4, 0.5) is 5.69 Å². The molecule has 2 aromatic rings. The Bertz CT molecular complexity index is 1070. The molecule has 1 fully saturated rings. The number of hydrogen-bond acceptors (Lipinski definition) is 6. The lowest BCUT2D eigenvalue weighted by Gasteiger charge is -2.29. The zero-order valence-corrected chi connectivity index (χ0v) is 20.5. The highest BCUT2D eigenvalue weighted by molar-refractivity contribution is 7.92. The second-order valence-electron chi connectivity index (χ2n) is 8.29. The molecule has 1 N–H and O–H groups in total. The summed E-state index contributed by atoms with van der Waals surface area (Å²) in [6, 6.07) is 12.0. The van der Waals surface area contributed by atoms with E-state index in [9.17, 15) is 13.2 Å². The van der Waals surface area contributed by atoms with Crippen LogP contribution in [0.3, 0.4) is 0 Å². The molecule has 1 saturated heterocycles. The van der Waals surface area contributed by atoms with Crippen LogP contribution in [0.1, 0.15) is 30.9 Å². The number of benzene rings is 2. The second-order valence-corrected chi connectivity index (χ2v) is 10.2. The van der Waals surface area contributed by atoms with Crippen LogP contribution in [0, 0.1) is 0 Å². The summed E-state index contributed by atoms with van der Waals surface area (Å²) in [7, 11) is -0.851. The van der Waals surface area contributed by atoms with Crippen LogP contribution in [0.2, 0.25) is 0 Å². The van der Waals surface area contributed by atoms with Gasteiger partial charge in [-0.1, -0.05) is 24.3 Å². The van der Waals surface area contributed by atoms with Gasteiger partial charge in [0.05, 0.1) is 26.2 Å². The van der Waals surface area contributed by atoms with Crippen molar-refractivity contribution in [1.29, 1.82) is 0 Å². The minimum Gasteiger partial charge on any atom is -0.497 e. The summed E-state index contributed by atoms with van der Waals surface area (Å²) in [5.41, 5.74) is 2.42. The smallest absolute Gasteiger partial charge is 0.243 e. The highest BCUT2D eigenvalue weighted by atomic mass is 32.2. The van der Waals surface area contributed by atoms with Crippen molar-refractivity contribution in [2.24, 2.45) is 0 Å². The average molecular weight is 476 g/mol. The quantitative estimate of drug-likeness (QED) is 0.569. The van der Waals surface area contributed by atoms with E-state index < -0.39 is 22.0 Å². The Morgan fingerprint density at radius 3 is 2.42 bits per heavy atom. The van der Waals surface area contributed by atoms with Crippen molar-refractivity contribution in [2.75, 3.05) is 37.9 Å². The summed E-state index contributed by atoms with van der Waals surface area (Å²) in [4.78, 5) is 15.4. The number of anilines is 1. The lowest BCUT2D eigenvalue weighted by Crippen LogP contribution is -2.47. The molecule has 180 valence electrons. The maximum atomic E-state index is 13.0. The molecule has 1 heterocycles. The van der Waals surface area contributed by atoms with E-state index in [4.69, 9.17) is 9.47 Å². The minimum atomic E-state index is -3.79. The molecule has 8 nitrogen and oxygen atoms in total. The van der Waals surface area contributed by atoms with Gasteiger partial charge in [-0.25, -0.2) is 8.42 Å². The second kappa shape index (κ2) is 10.9. The number of amides is 1. The summed E-state index contributed by atoms with van der Waals surface area (Å²) in [6.45, 7) is 5.00. The number of carbonyl (C=O) groups excluding carboxylic acids is 1. The number of nitrogens with zero attached hydrogens (tertiary/aromatic N) is 2. The molecule has 1 aliphatic rings. The molecule has 1 amide bonds. The third-order valence-corrected chi connectivity index (χ3v) is 7.00. The van der Waals surface area contributed by atoms with Crippen molar-refractivity contribution in [3.63, 3.8) is 0 Å². The summed E-state index contributed by atoms with van der Waals surface area (Å²) in [5.74, 6) is 0.382. The van der Waals surface area contributed by atoms with Gasteiger partial charge >= 0.3 is 0 Å². The molecule has 9 heteroatoms. The van der Waals surface area contributed by atoms with E-state index in [2.05, 4.69) is 22.3 Å². The van der Waals surface area contributed by atoms with E-state index in [-0.39, 0.29) is 5.69 Å². The number of rotatable bonds is 10. The molecule has 0 spiro atoms. The van der Waals surface area contributed by atoms with E-state index in [0.29, 0.717) is 18.0 Å². The van der Waals surface area contributed by atoms with Gasteiger partial charge in [-0.3, -0.25) is 14.0 Å². The lowest BCUT2D eigenvalue weighted by atomic mass is 10.1. The van der Waals surface area contributed by atoms with E-state index >= 15 is 0 Å². The van der Waals surface area contributed by atoms with Crippen LogP contribution in [-0.4, -0.2) is 58.8 Å². The van der Waals surface area contributed by atoms with Crippen molar-refractivity contribution >= 4 is 21.6 Å². The van der Waals surface area contributed by atoms with Crippen molar-refractivity contribution in [1.82, 2.24) is 10.2 Å². The molecule has 3 rings (SSSR count). The molecule has 0 saturated carbocycles. The Balaban J connectivity index is 1.74. The zero-order chi connectivity index (χ0) is 24.0. The molecule has 0 aromatic heterocycles. The van der Waals surface area contributed by atoms with Crippen LogP contribution in [0.25, 0.3) is 0 Å². The molecule has 2 aromatic carbocycles. The molecule has 33 heavy (non-hydrogen) atoms. The monoisotopic (exact) mass is 475 g/mol. The summed E-state index contributed by atoms with van der Waals surface area (Å²) in [5, 5.41) is 2.88. The number of ether oxygens (including phenoxy) is 2. The predicted molar refractivity (Wildman–Crippen MR) is 129 cm³/mol. The van der Waals surface area contributed by atoms with Crippen molar-refractivity contribution in [3.05, 3.63) is 53.6 Å². The maximum Gasteiger partial charge on any atom is 0.243 e. The third-order valence-electron chi connectivity index (χ3n) is 5.77. The van der Waals surface area contributed by atoms with Gasteiger partial charge in [0.1, 0.15) is 17.5 Å². The highest BCUT2D eigenvalue weighted by Crippen LogP contribution is 2.35. The van der Waals surface area contributed by atoms with E-state index in [0.717, 1.165) is 35.8 Å². The Morgan fingerprint density at radius 1 is 1.09 bits per heavy atom. The third kappa shape index (κ3) is 6.39. The fourth-order valence-electron chi connectivity index (χ4n) is 4.12. The highest BCUT2D eigenvalue weighted by Gasteiger charge is 2.31. The standard InChI is InChI=1S/C24H33N3O5S/c1-18(27(33(4,29)30)22-15-21(31-2)10-11-23(22)32-3)24(28)25-16-19-8-7-9-20(14-19)17-26-12-5-6-13-26/h7-11,14-15,18H,5-6,12-13,16-17H2,1-4H3,(H,25,28)/t18-/m1/s1. The molecule has 1 aliphatic heterocycles. The van der Waals surface area contributed by atoms with Crippen molar-refractivity contribution in [3.8, 4) is 11.5 Å². The average Bonchev–Trinajstić information content (AvgIpc) is 3.29. The summed E-state index contributed by atoms with van der Waals surface area (Å²) >= 11 is 0. The van der Waals surface area contributed by atoms with Crippen LogP contribution in [-0.2, 0) is 27.9 Å². The van der Waals surface area contributed by atoms with Gasteiger partial charge in [0.25, 0.3) is 0 Å². The first-order chi connectivity index (χ1) is 15.7. The topological polar surface area (TPSA) is 88.2 Å². The summed E-state index contributed by atoms with van der Waals surface area (Å²) < 4.78 is 37.0. The number of hydrogen-bond donors (Lipinski definition) is 1. The SMILES string of the molecule is COc1ccc(OC)c(N([C@H](C)C(=O)NCc2cccc(CN3CCCC3)c2)S(C)(=O)=O)c1. The van der Waals surface area contributed by atoms with Crippen LogP contribution >= 0.6 is 0 Å². The Kier molecular flexibility index (Phi) is 8.20. The van der Waals surface area contributed by atoms with E-state index in [1.807, 2.05) is 12.1 Å². The van der Waals surface area contributed by atoms with Gasteiger partial charge in [0.15, 0.2) is 0 Å². The lowest BCUT2D eigenvalue weighted by molar-refractivity contribution is -0.122. The van der Waals surface area contributed by atoms with Crippen LogP contribution < -0.4 is 19.1 Å². The zero-order valence-electron chi connectivity index (χ0n) is 19.7. The Hall–Kier alpha value is -2.78.